The van der Waals surface area contributed by atoms with Gasteiger partial charge in [-0.05, 0) is 51.8 Å². The molecule has 0 heterocycles. The van der Waals surface area contributed by atoms with Gasteiger partial charge in [0.1, 0.15) is 5.75 Å². The summed E-state index contributed by atoms with van der Waals surface area (Å²) in [4.78, 5) is 11.9. The highest BCUT2D eigenvalue weighted by atomic mass is 79.9. The molecule has 0 saturated carbocycles. The molecule has 0 bridgehead atoms. The maximum atomic E-state index is 11.9. The van der Waals surface area contributed by atoms with Gasteiger partial charge in [-0.15, -0.1) is 0 Å². The predicted molar refractivity (Wildman–Crippen MR) is 87.2 cm³/mol. The van der Waals surface area contributed by atoms with E-state index in [0.717, 1.165) is 5.56 Å². The minimum Gasteiger partial charge on any atom is -0.496 e. The molecule has 0 spiro atoms. The number of carbonyl (C=O) groups excluding carboxylic acids is 1. The van der Waals surface area contributed by atoms with Crippen molar-refractivity contribution in [2.24, 2.45) is 5.10 Å². The number of carbonyl (C=O) groups is 1. The number of amides is 1. The number of nitrogens with one attached hydrogen (secondary N) is 1. The van der Waals surface area contributed by atoms with Crippen LogP contribution in [0.2, 0.25) is 5.02 Å². The zero-order valence-corrected chi connectivity index (χ0v) is 13.5. The molecule has 0 unspecified atom stereocenters. The van der Waals surface area contributed by atoms with Crippen molar-refractivity contribution in [2.75, 3.05) is 7.11 Å². The zero-order chi connectivity index (χ0) is 15.2. The molecule has 21 heavy (non-hydrogen) atoms. The van der Waals surface area contributed by atoms with Crippen LogP contribution in [0.3, 0.4) is 0 Å². The average Bonchev–Trinajstić information content (AvgIpc) is 2.49. The lowest BCUT2D eigenvalue weighted by atomic mass is 10.2. The van der Waals surface area contributed by atoms with Crippen molar-refractivity contribution in [3.05, 3.63) is 63.1 Å². The van der Waals surface area contributed by atoms with Crippen LogP contribution >= 0.6 is 27.5 Å². The van der Waals surface area contributed by atoms with Crippen molar-refractivity contribution in [3.8, 4) is 5.75 Å². The van der Waals surface area contributed by atoms with E-state index in [1.165, 1.54) is 0 Å². The molecular weight excluding hydrogens is 356 g/mol. The predicted octanol–water partition coefficient (Wildman–Crippen LogP) is 3.88. The lowest BCUT2D eigenvalue weighted by Crippen LogP contribution is -2.17. The van der Waals surface area contributed by atoms with E-state index < -0.39 is 0 Å². The maximum Gasteiger partial charge on any atom is 0.271 e. The first-order valence-electron chi connectivity index (χ1n) is 6.02. The van der Waals surface area contributed by atoms with Crippen LogP contribution in [0.5, 0.6) is 5.75 Å². The summed E-state index contributed by atoms with van der Waals surface area (Å²) in [6, 6.07) is 12.2. The second-order valence-corrected chi connectivity index (χ2v) is 5.39. The Morgan fingerprint density at radius 2 is 2.00 bits per heavy atom. The van der Waals surface area contributed by atoms with E-state index in [1.807, 2.05) is 12.1 Å². The van der Waals surface area contributed by atoms with Crippen molar-refractivity contribution >= 4 is 39.7 Å². The summed E-state index contributed by atoms with van der Waals surface area (Å²) in [5, 5.41) is 4.56. The van der Waals surface area contributed by atoms with Gasteiger partial charge < -0.3 is 4.74 Å². The normalized spacial score (nSPS) is 10.6. The van der Waals surface area contributed by atoms with Crippen LogP contribution < -0.4 is 10.2 Å². The van der Waals surface area contributed by atoms with Gasteiger partial charge in [-0.1, -0.05) is 23.7 Å². The van der Waals surface area contributed by atoms with Crippen LogP contribution in [-0.2, 0) is 0 Å². The summed E-state index contributed by atoms with van der Waals surface area (Å²) < 4.78 is 5.82. The Morgan fingerprint density at radius 3 is 2.62 bits per heavy atom. The molecule has 2 aromatic rings. The molecule has 6 heteroatoms. The minimum absolute atomic E-state index is 0.302. The molecule has 0 atom stereocenters. The fourth-order valence-electron chi connectivity index (χ4n) is 1.59. The van der Waals surface area contributed by atoms with Crippen molar-refractivity contribution in [1.29, 1.82) is 0 Å². The number of methoxy groups -OCH3 is 1. The molecule has 1 N–H and O–H groups in total. The molecule has 4 nitrogen and oxygen atoms in total. The summed E-state index contributed by atoms with van der Waals surface area (Å²) >= 11 is 9.12. The zero-order valence-electron chi connectivity index (χ0n) is 11.1. The van der Waals surface area contributed by atoms with Gasteiger partial charge in [0, 0.05) is 10.6 Å². The van der Waals surface area contributed by atoms with Gasteiger partial charge in [0.2, 0.25) is 0 Å². The Morgan fingerprint density at radius 1 is 1.29 bits per heavy atom. The molecule has 2 aromatic carbocycles. The highest BCUT2D eigenvalue weighted by Crippen LogP contribution is 2.25. The van der Waals surface area contributed by atoms with Crippen LogP contribution in [0, 0.1) is 0 Å². The minimum atomic E-state index is -0.302. The quantitative estimate of drug-likeness (QED) is 0.659. The molecule has 0 aliphatic rings. The van der Waals surface area contributed by atoms with Gasteiger partial charge in [0.05, 0.1) is 17.8 Å². The second-order valence-electron chi connectivity index (χ2n) is 4.10. The van der Waals surface area contributed by atoms with E-state index in [9.17, 15) is 4.79 Å². The summed E-state index contributed by atoms with van der Waals surface area (Å²) in [6.45, 7) is 0. The summed E-state index contributed by atoms with van der Waals surface area (Å²) in [7, 11) is 1.57. The number of hydrogen-bond acceptors (Lipinski definition) is 3. The SMILES string of the molecule is COc1ccc(C(=O)N/N=C/c2ccc(Cl)cc2)cc1Br. The van der Waals surface area contributed by atoms with Crippen molar-refractivity contribution in [2.45, 2.75) is 0 Å². The number of hydrogen-bond donors (Lipinski definition) is 1. The van der Waals surface area contributed by atoms with Crippen LogP contribution in [-0.4, -0.2) is 19.2 Å². The Hall–Kier alpha value is -1.85. The molecule has 108 valence electrons. The molecule has 0 fully saturated rings. The van der Waals surface area contributed by atoms with Crippen molar-refractivity contribution in [3.63, 3.8) is 0 Å². The highest BCUT2D eigenvalue weighted by Gasteiger charge is 2.07. The molecular formula is C15H12BrClN2O2. The largest absolute Gasteiger partial charge is 0.496 e. The third-order valence-corrected chi connectivity index (χ3v) is 3.54. The summed E-state index contributed by atoms with van der Waals surface area (Å²) in [5.74, 6) is 0.361. The number of rotatable bonds is 4. The van der Waals surface area contributed by atoms with Gasteiger partial charge >= 0.3 is 0 Å². The lowest BCUT2D eigenvalue weighted by molar-refractivity contribution is 0.0955. The van der Waals surface area contributed by atoms with Gasteiger partial charge in [0.25, 0.3) is 5.91 Å². The number of halogens is 2. The summed E-state index contributed by atoms with van der Waals surface area (Å²) in [6.07, 6.45) is 1.55. The first kappa shape index (κ1) is 15.5. The van der Waals surface area contributed by atoms with E-state index in [0.29, 0.717) is 20.8 Å². The van der Waals surface area contributed by atoms with Crippen LogP contribution in [0.15, 0.2) is 52.0 Å². The third kappa shape index (κ3) is 4.31. The van der Waals surface area contributed by atoms with Crippen molar-refractivity contribution < 1.29 is 9.53 Å². The van der Waals surface area contributed by atoms with E-state index in [2.05, 4.69) is 26.5 Å². The monoisotopic (exact) mass is 366 g/mol. The second kappa shape index (κ2) is 7.24. The number of nitrogens with zero attached hydrogens (tertiary/aromatic N) is 1. The molecule has 0 saturated heterocycles. The molecule has 2 rings (SSSR count). The van der Waals surface area contributed by atoms with E-state index in [-0.39, 0.29) is 5.91 Å². The molecule has 0 aliphatic carbocycles. The van der Waals surface area contributed by atoms with E-state index >= 15 is 0 Å². The Bertz CT molecular complexity index is 672. The van der Waals surface area contributed by atoms with E-state index in [1.54, 1.807) is 43.7 Å². The van der Waals surface area contributed by atoms with Crippen molar-refractivity contribution in [1.82, 2.24) is 5.43 Å². The van der Waals surface area contributed by atoms with Gasteiger partial charge in [-0.25, -0.2) is 5.43 Å². The van der Waals surface area contributed by atoms with E-state index in [4.69, 9.17) is 16.3 Å². The van der Waals surface area contributed by atoms with Gasteiger partial charge in [-0.3, -0.25) is 4.79 Å². The van der Waals surface area contributed by atoms with Crippen LogP contribution in [0.25, 0.3) is 0 Å². The smallest absolute Gasteiger partial charge is 0.271 e. The molecule has 0 radical (unpaired) electrons. The third-order valence-electron chi connectivity index (χ3n) is 2.66. The molecule has 0 aliphatic heterocycles. The summed E-state index contributed by atoms with van der Waals surface area (Å²) in [5.41, 5.74) is 3.79. The highest BCUT2D eigenvalue weighted by molar-refractivity contribution is 9.10. The van der Waals surface area contributed by atoms with Crippen LogP contribution in [0.4, 0.5) is 0 Å². The number of hydrazone groups is 1. The fourth-order valence-corrected chi connectivity index (χ4v) is 2.25. The molecule has 0 aromatic heterocycles. The standard InChI is InChI=1S/C15H12BrClN2O2/c1-21-14-7-4-11(8-13(14)16)15(20)19-18-9-10-2-5-12(17)6-3-10/h2-9H,1H3,(H,19,20)/b18-9+. The van der Waals surface area contributed by atoms with Gasteiger partial charge in [-0.2, -0.15) is 5.10 Å². The Kier molecular flexibility index (Phi) is 5.36. The first-order chi connectivity index (χ1) is 10.1. The fraction of sp³-hybridized carbons (Fsp3) is 0.0667. The lowest BCUT2D eigenvalue weighted by Gasteiger charge is -2.05. The average molecular weight is 368 g/mol. The topological polar surface area (TPSA) is 50.7 Å². The van der Waals surface area contributed by atoms with Crippen LogP contribution in [0.1, 0.15) is 15.9 Å². The van der Waals surface area contributed by atoms with Gasteiger partial charge in [0.15, 0.2) is 0 Å². The Balaban J connectivity index is 2.01. The Labute approximate surface area is 135 Å². The first-order valence-corrected chi connectivity index (χ1v) is 7.20. The maximum absolute atomic E-state index is 11.9. The number of ether oxygens (including phenoxy) is 1. The number of benzene rings is 2. The molecule has 1 amide bonds.